The molecule has 0 spiro atoms. The lowest BCUT2D eigenvalue weighted by molar-refractivity contribution is -0.148. The summed E-state index contributed by atoms with van der Waals surface area (Å²) >= 11 is 0. The summed E-state index contributed by atoms with van der Waals surface area (Å²) < 4.78 is 30.3. The number of carbonyl (C=O) groups excluding carboxylic acids is 1. The molecule has 0 bridgehead atoms. The number of rotatable bonds is 5. The van der Waals surface area contributed by atoms with E-state index in [9.17, 15) is 13.2 Å². The topological polar surface area (TPSA) is 72.5 Å². The van der Waals surface area contributed by atoms with Crippen LogP contribution in [0.5, 0.6) is 0 Å². The fourth-order valence-electron chi connectivity index (χ4n) is 2.78. The van der Waals surface area contributed by atoms with Gasteiger partial charge in [-0.2, -0.15) is 0 Å². The van der Waals surface area contributed by atoms with Crippen molar-refractivity contribution < 1.29 is 17.9 Å². The zero-order valence-electron chi connectivity index (χ0n) is 13.2. The fraction of sp³-hybridized carbons (Fsp3) is 0.562. The van der Waals surface area contributed by atoms with Crippen molar-refractivity contribution in [1.29, 1.82) is 0 Å². The number of carbonyl (C=O) groups is 1. The standard InChI is InChI=1S/C16H23NO4S/c1-4-21-16(18)13-9-10-17-15(13)12-7-5-6-8-14(12)22(19,20)11(2)3/h5-8,11,13,15,17H,4,9-10H2,1-3H3/t13-,15-/m1/s1. The van der Waals surface area contributed by atoms with Crippen molar-refractivity contribution >= 4 is 15.8 Å². The van der Waals surface area contributed by atoms with Gasteiger partial charge in [0.25, 0.3) is 0 Å². The van der Waals surface area contributed by atoms with Gasteiger partial charge in [0, 0.05) is 6.04 Å². The molecular weight excluding hydrogens is 302 g/mol. The van der Waals surface area contributed by atoms with Gasteiger partial charge in [0.2, 0.25) is 0 Å². The molecule has 1 N–H and O–H groups in total. The molecule has 0 saturated carbocycles. The first-order valence-corrected chi connectivity index (χ1v) is 9.17. The van der Waals surface area contributed by atoms with Gasteiger partial charge in [-0.3, -0.25) is 4.79 Å². The zero-order valence-corrected chi connectivity index (χ0v) is 14.0. The van der Waals surface area contributed by atoms with Crippen LogP contribution in [-0.4, -0.2) is 32.8 Å². The van der Waals surface area contributed by atoms with E-state index in [1.807, 2.05) is 0 Å². The van der Waals surface area contributed by atoms with Gasteiger partial charge in [0.15, 0.2) is 9.84 Å². The second-order valence-corrected chi connectivity index (χ2v) is 8.18. The van der Waals surface area contributed by atoms with Gasteiger partial charge in [-0.1, -0.05) is 18.2 Å². The highest BCUT2D eigenvalue weighted by molar-refractivity contribution is 7.92. The van der Waals surface area contributed by atoms with Gasteiger partial charge in [-0.05, 0) is 45.4 Å². The lowest BCUT2D eigenvalue weighted by Gasteiger charge is -2.22. The van der Waals surface area contributed by atoms with E-state index in [2.05, 4.69) is 5.32 Å². The van der Waals surface area contributed by atoms with Crippen LogP contribution in [0.25, 0.3) is 0 Å². The van der Waals surface area contributed by atoms with E-state index in [1.165, 1.54) is 0 Å². The van der Waals surface area contributed by atoms with Crippen LogP contribution < -0.4 is 5.32 Å². The number of nitrogens with one attached hydrogen (secondary N) is 1. The SMILES string of the molecule is CCOC(=O)[C@@H]1CCN[C@@H]1c1ccccc1S(=O)(=O)C(C)C. The van der Waals surface area contributed by atoms with E-state index in [1.54, 1.807) is 45.0 Å². The van der Waals surface area contributed by atoms with Crippen LogP contribution in [0, 0.1) is 5.92 Å². The number of benzene rings is 1. The molecule has 0 unspecified atom stereocenters. The third-order valence-electron chi connectivity index (χ3n) is 3.99. The summed E-state index contributed by atoms with van der Waals surface area (Å²) in [5.41, 5.74) is 0.659. The highest BCUT2D eigenvalue weighted by Crippen LogP contribution is 2.35. The van der Waals surface area contributed by atoms with Gasteiger partial charge >= 0.3 is 5.97 Å². The number of ether oxygens (including phenoxy) is 1. The zero-order chi connectivity index (χ0) is 16.3. The van der Waals surface area contributed by atoms with Crippen molar-refractivity contribution in [2.45, 2.75) is 43.4 Å². The Hall–Kier alpha value is -1.40. The first kappa shape index (κ1) is 17.0. The molecule has 1 heterocycles. The average molecular weight is 325 g/mol. The number of hydrogen-bond donors (Lipinski definition) is 1. The van der Waals surface area contributed by atoms with Crippen molar-refractivity contribution in [3.8, 4) is 0 Å². The number of sulfone groups is 1. The quantitative estimate of drug-likeness (QED) is 0.839. The summed E-state index contributed by atoms with van der Waals surface area (Å²) in [5.74, 6) is -0.613. The Morgan fingerprint density at radius 3 is 2.68 bits per heavy atom. The number of esters is 1. The Morgan fingerprint density at radius 2 is 2.05 bits per heavy atom. The molecule has 6 heteroatoms. The number of hydrogen-bond acceptors (Lipinski definition) is 5. The van der Waals surface area contributed by atoms with E-state index in [0.29, 0.717) is 30.0 Å². The summed E-state index contributed by atoms with van der Waals surface area (Å²) in [5, 5.41) is 2.74. The molecule has 1 aromatic carbocycles. The molecule has 2 rings (SSSR count). The average Bonchev–Trinajstić information content (AvgIpc) is 2.96. The Morgan fingerprint density at radius 1 is 1.36 bits per heavy atom. The van der Waals surface area contributed by atoms with Crippen LogP contribution in [-0.2, 0) is 19.4 Å². The molecule has 1 aliphatic heterocycles. The summed E-state index contributed by atoms with van der Waals surface area (Å²) in [6.45, 7) is 6.10. The van der Waals surface area contributed by atoms with E-state index >= 15 is 0 Å². The maximum Gasteiger partial charge on any atom is 0.310 e. The molecule has 2 atom stereocenters. The van der Waals surface area contributed by atoms with Crippen molar-refractivity contribution in [2.75, 3.05) is 13.2 Å². The third-order valence-corrected chi connectivity index (χ3v) is 6.22. The minimum absolute atomic E-state index is 0.269. The smallest absolute Gasteiger partial charge is 0.310 e. The van der Waals surface area contributed by atoms with Crippen molar-refractivity contribution in [2.24, 2.45) is 5.92 Å². The second-order valence-electron chi connectivity index (χ2n) is 5.71. The lowest BCUT2D eigenvalue weighted by Crippen LogP contribution is -2.27. The van der Waals surface area contributed by atoms with Crippen LogP contribution in [0.2, 0.25) is 0 Å². The summed E-state index contributed by atoms with van der Waals surface area (Å²) in [4.78, 5) is 12.4. The first-order chi connectivity index (χ1) is 10.4. The predicted octanol–water partition coefficient (Wildman–Crippen LogP) is 2.08. The maximum absolute atomic E-state index is 12.6. The molecule has 1 saturated heterocycles. The normalized spacial score (nSPS) is 22.0. The first-order valence-electron chi connectivity index (χ1n) is 7.62. The Kier molecular flexibility index (Phi) is 5.24. The summed E-state index contributed by atoms with van der Waals surface area (Å²) in [6, 6.07) is 6.60. The van der Waals surface area contributed by atoms with E-state index in [0.717, 1.165) is 0 Å². The summed E-state index contributed by atoms with van der Waals surface area (Å²) in [7, 11) is -3.40. The molecule has 22 heavy (non-hydrogen) atoms. The molecule has 122 valence electrons. The van der Waals surface area contributed by atoms with Gasteiger partial charge in [-0.15, -0.1) is 0 Å². The van der Waals surface area contributed by atoms with Crippen LogP contribution in [0.1, 0.15) is 38.8 Å². The molecule has 1 aromatic rings. The van der Waals surface area contributed by atoms with E-state index in [4.69, 9.17) is 4.74 Å². The van der Waals surface area contributed by atoms with Crippen molar-refractivity contribution in [3.63, 3.8) is 0 Å². The highest BCUT2D eigenvalue weighted by Gasteiger charge is 2.37. The maximum atomic E-state index is 12.6. The molecule has 1 fully saturated rings. The van der Waals surface area contributed by atoms with Crippen LogP contribution in [0.4, 0.5) is 0 Å². The Bertz CT molecular complexity index is 639. The Labute approximate surface area is 132 Å². The van der Waals surface area contributed by atoms with E-state index in [-0.39, 0.29) is 17.9 Å². The second kappa shape index (κ2) is 6.79. The fourth-order valence-corrected chi connectivity index (χ4v) is 4.08. The predicted molar refractivity (Wildman–Crippen MR) is 84.2 cm³/mol. The van der Waals surface area contributed by atoms with E-state index < -0.39 is 15.1 Å². The molecule has 0 aromatic heterocycles. The van der Waals surface area contributed by atoms with Gasteiger partial charge in [-0.25, -0.2) is 8.42 Å². The Balaban J connectivity index is 2.43. The molecule has 0 amide bonds. The lowest BCUT2D eigenvalue weighted by atomic mass is 9.94. The molecular formula is C16H23NO4S. The minimum Gasteiger partial charge on any atom is -0.466 e. The third kappa shape index (κ3) is 3.17. The molecule has 0 radical (unpaired) electrons. The monoisotopic (exact) mass is 325 g/mol. The van der Waals surface area contributed by atoms with Crippen LogP contribution in [0.15, 0.2) is 29.2 Å². The molecule has 0 aliphatic carbocycles. The molecule has 1 aliphatic rings. The molecule has 5 nitrogen and oxygen atoms in total. The van der Waals surface area contributed by atoms with Crippen LogP contribution >= 0.6 is 0 Å². The van der Waals surface area contributed by atoms with Gasteiger partial charge < -0.3 is 10.1 Å². The van der Waals surface area contributed by atoms with Crippen molar-refractivity contribution in [1.82, 2.24) is 5.32 Å². The van der Waals surface area contributed by atoms with Gasteiger partial charge in [0.1, 0.15) is 0 Å². The van der Waals surface area contributed by atoms with Crippen LogP contribution in [0.3, 0.4) is 0 Å². The van der Waals surface area contributed by atoms with Crippen molar-refractivity contribution in [3.05, 3.63) is 29.8 Å². The highest BCUT2D eigenvalue weighted by atomic mass is 32.2. The summed E-state index contributed by atoms with van der Waals surface area (Å²) in [6.07, 6.45) is 0.652. The van der Waals surface area contributed by atoms with Gasteiger partial charge in [0.05, 0.1) is 22.7 Å². The minimum atomic E-state index is -3.40. The largest absolute Gasteiger partial charge is 0.466 e.